The highest BCUT2D eigenvalue weighted by Crippen LogP contribution is 2.21. The summed E-state index contributed by atoms with van der Waals surface area (Å²) >= 11 is 0. The standard InChI is InChI=1S/C28H35N5O7/c29-20(12-13-24(30)35)25(36)31-21(15-17-5-2-1-3-6-17)27(38)33-14-4-7-23(33)26(37)32-22(28(39)40)16-18-8-10-19(34)11-9-18/h1-3,5-6,8-11,20-23,34H,4,7,12-16,29H2,(H2,30,35)(H,31,36)(H,32,37)(H,39,40). The van der Waals surface area contributed by atoms with E-state index in [1.165, 1.54) is 17.0 Å². The molecule has 2 aromatic carbocycles. The summed E-state index contributed by atoms with van der Waals surface area (Å²) in [6.45, 7) is 0.251. The van der Waals surface area contributed by atoms with Gasteiger partial charge in [0, 0.05) is 25.8 Å². The molecule has 2 aromatic rings. The third kappa shape index (κ3) is 8.53. The Labute approximate surface area is 231 Å². The molecule has 4 unspecified atom stereocenters. The fourth-order valence-electron chi connectivity index (χ4n) is 4.60. The number of primary amides is 1. The lowest BCUT2D eigenvalue weighted by Gasteiger charge is -2.30. The van der Waals surface area contributed by atoms with Crippen molar-refractivity contribution < 1.29 is 34.2 Å². The molecule has 4 atom stereocenters. The minimum atomic E-state index is -1.25. The zero-order valence-corrected chi connectivity index (χ0v) is 22.0. The number of rotatable bonds is 13. The van der Waals surface area contributed by atoms with E-state index in [9.17, 15) is 34.2 Å². The molecular weight excluding hydrogens is 518 g/mol. The van der Waals surface area contributed by atoms with Crippen LogP contribution in [0.3, 0.4) is 0 Å². The first-order valence-electron chi connectivity index (χ1n) is 13.0. The molecule has 12 heteroatoms. The number of likely N-dealkylation sites (tertiary alicyclic amines) is 1. The predicted molar refractivity (Wildman–Crippen MR) is 145 cm³/mol. The van der Waals surface area contributed by atoms with Gasteiger partial charge in [-0.15, -0.1) is 0 Å². The molecular formula is C28H35N5O7. The number of phenolic OH excluding ortho intramolecular Hbond substituents is 1. The molecule has 12 nitrogen and oxygen atoms in total. The summed E-state index contributed by atoms with van der Waals surface area (Å²) in [6, 6.07) is 10.7. The third-order valence-corrected chi connectivity index (χ3v) is 6.77. The zero-order chi connectivity index (χ0) is 29.2. The number of nitrogens with one attached hydrogen (secondary N) is 2. The number of amides is 4. The second kappa shape index (κ2) is 14.1. The number of nitrogens with two attached hydrogens (primary N) is 2. The summed E-state index contributed by atoms with van der Waals surface area (Å²) in [5.41, 5.74) is 12.4. The number of benzene rings is 2. The van der Waals surface area contributed by atoms with Crippen LogP contribution >= 0.6 is 0 Å². The summed E-state index contributed by atoms with van der Waals surface area (Å²) in [5.74, 6) is -3.55. The molecule has 40 heavy (non-hydrogen) atoms. The second-order valence-corrected chi connectivity index (χ2v) is 9.82. The minimum Gasteiger partial charge on any atom is -0.508 e. The molecule has 1 fully saturated rings. The number of hydrogen-bond acceptors (Lipinski definition) is 7. The van der Waals surface area contributed by atoms with Crippen LogP contribution < -0.4 is 22.1 Å². The van der Waals surface area contributed by atoms with Gasteiger partial charge in [-0.1, -0.05) is 42.5 Å². The monoisotopic (exact) mass is 553 g/mol. The predicted octanol–water partition coefficient (Wildman–Crippen LogP) is -0.185. The van der Waals surface area contributed by atoms with E-state index in [1.54, 1.807) is 36.4 Å². The Kier molecular flexibility index (Phi) is 10.6. The third-order valence-electron chi connectivity index (χ3n) is 6.77. The maximum Gasteiger partial charge on any atom is 0.326 e. The van der Waals surface area contributed by atoms with E-state index in [-0.39, 0.29) is 38.0 Å². The number of phenols is 1. The lowest BCUT2D eigenvalue weighted by atomic mass is 10.0. The Balaban J connectivity index is 1.74. The Morgan fingerprint density at radius 2 is 1.55 bits per heavy atom. The van der Waals surface area contributed by atoms with Crippen molar-refractivity contribution in [2.24, 2.45) is 11.5 Å². The van der Waals surface area contributed by atoms with Gasteiger partial charge in [-0.25, -0.2) is 4.79 Å². The van der Waals surface area contributed by atoms with Crippen molar-refractivity contribution in [3.05, 3.63) is 65.7 Å². The van der Waals surface area contributed by atoms with Crippen LogP contribution in [0.1, 0.15) is 36.8 Å². The van der Waals surface area contributed by atoms with Crippen LogP contribution in [-0.4, -0.2) is 75.4 Å². The lowest BCUT2D eigenvalue weighted by molar-refractivity contribution is -0.145. The molecule has 3 rings (SSSR count). The van der Waals surface area contributed by atoms with Crippen LogP contribution in [0, 0.1) is 0 Å². The van der Waals surface area contributed by atoms with Gasteiger partial charge in [-0.2, -0.15) is 0 Å². The number of carboxylic acid groups (broad SMARTS) is 1. The number of carboxylic acids is 1. The number of aromatic hydroxyl groups is 1. The fraction of sp³-hybridized carbons (Fsp3) is 0.393. The van der Waals surface area contributed by atoms with Crippen molar-refractivity contribution in [1.29, 1.82) is 0 Å². The number of carbonyl (C=O) groups is 5. The van der Waals surface area contributed by atoms with E-state index < -0.39 is 53.8 Å². The Hall–Kier alpha value is -4.45. The quantitative estimate of drug-likeness (QED) is 0.196. The molecule has 0 aromatic heterocycles. The molecule has 1 heterocycles. The smallest absolute Gasteiger partial charge is 0.326 e. The molecule has 0 saturated carbocycles. The van der Waals surface area contributed by atoms with Gasteiger partial charge < -0.3 is 37.2 Å². The van der Waals surface area contributed by atoms with Crippen molar-refractivity contribution in [2.75, 3.05) is 6.54 Å². The van der Waals surface area contributed by atoms with Crippen molar-refractivity contribution in [3.8, 4) is 5.75 Å². The van der Waals surface area contributed by atoms with Crippen LogP contribution in [0.4, 0.5) is 0 Å². The van der Waals surface area contributed by atoms with E-state index in [0.717, 1.165) is 5.56 Å². The van der Waals surface area contributed by atoms with Gasteiger partial charge in [0.05, 0.1) is 6.04 Å². The van der Waals surface area contributed by atoms with Gasteiger partial charge in [0.25, 0.3) is 0 Å². The first-order valence-corrected chi connectivity index (χ1v) is 13.0. The summed E-state index contributed by atoms with van der Waals surface area (Å²) < 4.78 is 0. The van der Waals surface area contributed by atoms with Crippen LogP contribution in [-0.2, 0) is 36.8 Å². The summed E-state index contributed by atoms with van der Waals surface area (Å²) in [4.78, 5) is 64.1. The molecule has 214 valence electrons. The number of aliphatic carboxylic acids is 1. The van der Waals surface area contributed by atoms with E-state index in [4.69, 9.17) is 11.5 Å². The Morgan fingerprint density at radius 1 is 0.925 bits per heavy atom. The molecule has 1 saturated heterocycles. The topological polar surface area (TPSA) is 205 Å². The van der Waals surface area contributed by atoms with E-state index in [1.807, 2.05) is 6.07 Å². The molecule has 4 amide bonds. The SMILES string of the molecule is NC(=O)CCC(N)C(=O)NC(Cc1ccccc1)C(=O)N1CCCC1C(=O)NC(Cc1ccc(O)cc1)C(=O)O. The molecule has 1 aliphatic heterocycles. The first-order chi connectivity index (χ1) is 19.0. The van der Waals surface area contributed by atoms with Gasteiger partial charge in [0.1, 0.15) is 23.9 Å². The van der Waals surface area contributed by atoms with Crippen LogP contribution in [0.2, 0.25) is 0 Å². The summed E-state index contributed by atoms with van der Waals surface area (Å²) in [6.07, 6.45) is 0.890. The fourth-order valence-corrected chi connectivity index (χ4v) is 4.60. The van der Waals surface area contributed by atoms with Crippen molar-refractivity contribution >= 4 is 29.6 Å². The van der Waals surface area contributed by atoms with Gasteiger partial charge in [0.2, 0.25) is 23.6 Å². The van der Waals surface area contributed by atoms with Crippen molar-refractivity contribution in [1.82, 2.24) is 15.5 Å². The zero-order valence-electron chi connectivity index (χ0n) is 22.0. The maximum atomic E-state index is 13.7. The molecule has 0 radical (unpaired) electrons. The highest BCUT2D eigenvalue weighted by Gasteiger charge is 2.39. The first kappa shape index (κ1) is 30.1. The molecule has 8 N–H and O–H groups in total. The number of hydrogen-bond donors (Lipinski definition) is 6. The van der Waals surface area contributed by atoms with Gasteiger partial charge in [-0.05, 0) is 42.5 Å². The highest BCUT2D eigenvalue weighted by molar-refractivity contribution is 5.94. The van der Waals surface area contributed by atoms with Crippen LogP contribution in [0.5, 0.6) is 5.75 Å². The Morgan fingerprint density at radius 3 is 2.17 bits per heavy atom. The normalized spacial score (nSPS) is 16.9. The minimum absolute atomic E-state index is 0.0137. The molecule has 0 spiro atoms. The van der Waals surface area contributed by atoms with E-state index in [0.29, 0.717) is 18.4 Å². The maximum absolute atomic E-state index is 13.7. The van der Waals surface area contributed by atoms with Gasteiger partial charge in [0.15, 0.2) is 0 Å². The summed E-state index contributed by atoms with van der Waals surface area (Å²) in [5, 5.41) is 24.4. The van der Waals surface area contributed by atoms with E-state index in [2.05, 4.69) is 10.6 Å². The molecule has 0 bridgehead atoms. The number of carbonyl (C=O) groups excluding carboxylic acids is 4. The highest BCUT2D eigenvalue weighted by atomic mass is 16.4. The number of nitrogens with zero attached hydrogens (tertiary/aromatic N) is 1. The Bertz CT molecular complexity index is 1210. The average Bonchev–Trinajstić information content (AvgIpc) is 3.42. The van der Waals surface area contributed by atoms with Crippen molar-refractivity contribution in [2.45, 2.75) is 62.7 Å². The van der Waals surface area contributed by atoms with Crippen LogP contribution in [0.15, 0.2) is 54.6 Å². The van der Waals surface area contributed by atoms with Crippen LogP contribution in [0.25, 0.3) is 0 Å². The molecule has 1 aliphatic rings. The second-order valence-electron chi connectivity index (χ2n) is 9.82. The molecule has 0 aliphatic carbocycles. The van der Waals surface area contributed by atoms with Gasteiger partial charge >= 0.3 is 5.97 Å². The average molecular weight is 554 g/mol. The van der Waals surface area contributed by atoms with Gasteiger partial charge in [-0.3, -0.25) is 19.2 Å². The van der Waals surface area contributed by atoms with Crippen molar-refractivity contribution in [3.63, 3.8) is 0 Å². The summed E-state index contributed by atoms with van der Waals surface area (Å²) in [7, 11) is 0. The lowest BCUT2D eigenvalue weighted by Crippen LogP contribution is -2.57. The van der Waals surface area contributed by atoms with E-state index >= 15 is 0 Å². The largest absolute Gasteiger partial charge is 0.508 e.